The van der Waals surface area contributed by atoms with Crippen molar-refractivity contribution in [3.63, 3.8) is 0 Å². The average molecular weight is 328 g/mol. The van der Waals surface area contributed by atoms with Crippen molar-refractivity contribution in [1.29, 1.82) is 0 Å². The van der Waals surface area contributed by atoms with Crippen LogP contribution >= 0.6 is 24.0 Å². The summed E-state index contributed by atoms with van der Waals surface area (Å²) in [6, 6.07) is 7.86. The molecule has 2 N–H and O–H groups in total. The van der Waals surface area contributed by atoms with Crippen LogP contribution in [0.2, 0.25) is 5.02 Å². The van der Waals surface area contributed by atoms with Crippen LogP contribution < -0.4 is 5.73 Å². The van der Waals surface area contributed by atoms with Crippen LogP contribution in [0.5, 0.6) is 0 Å². The number of likely N-dealkylation sites (tertiary alicyclic amines) is 1. The first-order valence-electron chi connectivity index (χ1n) is 6.89. The van der Waals surface area contributed by atoms with Crippen molar-refractivity contribution < 1.29 is 4.42 Å². The maximum absolute atomic E-state index is 5.91. The van der Waals surface area contributed by atoms with Gasteiger partial charge < -0.3 is 10.2 Å². The third-order valence-corrected chi connectivity index (χ3v) is 3.91. The summed E-state index contributed by atoms with van der Waals surface area (Å²) in [6.45, 7) is 2.89. The van der Waals surface area contributed by atoms with Crippen molar-refractivity contribution in [2.75, 3.05) is 13.1 Å². The highest BCUT2D eigenvalue weighted by Gasteiger charge is 2.17. The molecule has 1 fully saturated rings. The van der Waals surface area contributed by atoms with E-state index in [1.165, 1.54) is 0 Å². The van der Waals surface area contributed by atoms with Gasteiger partial charge >= 0.3 is 0 Å². The highest BCUT2D eigenvalue weighted by molar-refractivity contribution is 6.30. The van der Waals surface area contributed by atoms with Crippen LogP contribution in [0.25, 0.3) is 11.5 Å². The summed E-state index contributed by atoms with van der Waals surface area (Å²) in [5.41, 5.74) is 7.82. The molecule has 0 saturated carbocycles. The van der Waals surface area contributed by atoms with Gasteiger partial charge in [-0.15, -0.1) is 12.4 Å². The number of aromatic nitrogens is 1. The summed E-state index contributed by atoms with van der Waals surface area (Å²) in [7, 11) is 0. The monoisotopic (exact) mass is 327 g/mol. The number of oxazole rings is 1. The molecule has 2 aromatic rings. The summed E-state index contributed by atoms with van der Waals surface area (Å²) >= 11 is 5.88. The van der Waals surface area contributed by atoms with Crippen LogP contribution in [0, 0.1) is 0 Å². The van der Waals surface area contributed by atoms with Crippen LogP contribution in [0.4, 0.5) is 0 Å². The third-order valence-electron chi connectivity index (χ3n) is 3.66. The van der Waals surface area contributed by atoms with Crippen LogP contribution in [0.15, 0.2) is 34.9 Å². The van der Waals surface area contributed by atoms with E-state index in [4.69, 9.17) is 21.8 Å². The normalized spacial score (nSPS) is 16.7. The molecule has 1 saturated heterocycles. The molecule has 1 aliphatic heterocycles. The fourth-order valence-corrected chi connectivity index (χ4v) is 2.57. The number of hydrogen-bond acceptors (Lipinski definition) is 4. The molecule has 0 amide bonds. The van der Waals surface area contributed by atoms with Gasteiger partial charge in [0.05, 0.1) is 5.69 Å². The molecule has 0 radical (unpaired) electrons. The van der Waals surface area contributed by atoms with E-state index >= 15 is 0 Å². The molecule has 1 aromatic carbocycles. The number of benzene rings is 1. The molecule has 21 heavy (non-hydrogen) atoms. The quantitative estimate of drug-likeness (QED) is 0.939. The van der Waals surface area contributed by atoms with Crippen molar-refractivity contribution in [2.45, 2.75) is 25.4 Å². The van der Waals surface area contributed by atoms with Gasteiger partial charge in [-0.1, -0.05) is 11.6 Å². The SMILES string of the molecule is Cl.NC1CCN(Cc2coc(-c3ccc(Cl)cc3)n2)CC1. The highest BCUT2D eigenvalue weighted by Crippen LogP contribution is 2.21. The standard InChI is InChI=1S/C15H18ClN3O.ClH/c16-12-3-1-11(2-4-12)15-18-14(10-20-15)9-19-7-5-13(17)6-8-19;/h1-4,10,13H,5-9,17H2;1H. The fraction of sp³-hybridized carbons (Fsp3) is 0.400. The van der Waals surface area contributed by atoms with E-state index in [1.54, 1.807) is 6.26 Å². The van der Waals surface area contributed by atoms with Gasteiger partial charge in [0.2, 0.25) is 5.89 Å². The van der Waals surface area contributed by atoms with Crippen molar-refractivity contribution in [3.05, 3.63) is 41.2 Å². The first kappa shape index (κ1) is 16.3. The Bertz CT molecular complexity index is 563. The van der Waals surface area contributed by atoms with E-state index < -0.39 is 0 Å². The summed E-state index contributed by atoms with van der Waals surface area (Å²) in [5, 5.41) is 0.713. The number of nitrogens with zero attached hydrogens (tertiary/aromatic N) is 2. The Balaban J connectivity index is 0.00000161. The fourth-order valence-electron chi connectivity index (χ4n) is 2.44. The Hall–Kier alpha value is -1.07. The van der Waals surface area contributed by atoms with Gasteiger partial charge in [-0.2, -0.15) is 0 Å². The summed E-state index contributed by atoms with van der Waals surface area (Å²) in [6.07, 6.45) is 3.85. The van der Waals surface area contributed by atoms with Gasteiger partial charge in [-0.3, -0.25) is 4.90 Å². The number of rotatable bonds is 3. The topological polar surface area (TPSA) is 55.3 Å². The van der Waals surface area contributed by atoms with Gasteiger partial charge in [-0.05, 0) is 37.1 Å². The predicted octanol–water partition coefficient (Wildman–Crippen LogP) is 3.34. The molecule has 0 bridgehead atoms. The third kappa shape index (κ3) is 4.20. The Kier molecular flexibility index (Phi) is 5.65. The van der Waals surface area contributed by atoms with Crippen molar-refractivity contribution in [2.24, 2.45) is 5.73 Å². The molecule has 6 heteroatoms. The zero-order valence-electron chi connectivity index (χ0n) is 11.7. The predicted molar refractivity (Wildman–Crippen MR) is 86.7 cm³/mol. The highest BCUT2D eigenvalue weighted by atomic mass is 35.5. The Morgan fingerprint density at radius 3 is 2.57 bits per heavy atom. The van der Waals surface area contributed by atoms with Gasteiger partial charge in [0, 0.05) is 36.3 Å². The van der Waals surface area contributed by atoms with Crippen LogP contribution in [0.3, 0.4) is 0 Å². The Labute approximate surface area is 135 Å². The summed E-state index contributed by atoms with van der Waals surface area (Å²) in [4.78, 5) is 6.91. The zero-order valence-corrected chi connectivity index (χ0v) is 13.2. The van der Waals surface area contributed by atoms with E-state index in [0.717, 1.165) is 43.7 Å². The minimum Gasteiger partial charge on any atom is -0.444 e. The first-order valence-corrected chi connectivity index (χ1v) is 7.27. The first-order chi connectivity index (χ1) is 9.70. The second kappa shape index (κ2) is 7.27. The van der Waals surface area contributed by atoms with Gasteiger partial charge in [0.15, 0.2) is 0 Å². The van der Waals surface area contributed by atoms with Crippen LogP contribution in [-0.4, -0.2) is 29.0 Å². The zero-order chi connectivity index (χ0) is 13.9. The molecule has 0 unspecified atom stereocenters. The van der Waals surface area contributed by atoms with Crippen molar-refractivity contribution in [1.82, 2.24) is 9.88 Å². The molecule has 3 rings (SSSR count). The second-order valence-electron chi connectivity index (χ2n) is 5.26. The van der Waals surface area contributed by atoms with Crippen molar-refractivity contribution in [3.8, 4) is 11.5 Å². The number of halogens is 2. The van der Waals surface area contributed by atoms with E-state index in [9.17, 15) is 0 Å². The maximum atomic E-state index is 5.91. The lowest BCUT2D eigenvalue weighted by molar-refractivity contribution is 0.203. The number of nitrogens with two attached hydrogens (primary N) is 1. The Morgan fingerprint density at radius 1 is 1.24 bits per heavy atom. The molecule has 1 aromatic heterocycles. The number of hydrogen-bond donors (Lipinski definition) is 1. The van der Waals surface area contributed by atoms with Gasteiger partial charge in [0.25, 0.3) is 0 Å². The van der Waals surface area contributed by atoms with E-state index in [0.29, 0.717) is 17.0 Å². The molecular formula is C15H19Cl2N3O. The summed E-state index contributed by atoms with van der Waals surface area (Å²) < 4.78 is 5.55. The van der Waals surface area contributed by atoms with Crippen LogP contribution in [0.1, 0.15) is 18.5 Å². The summed E-state index contributed by atoms with van der Waals surface area (Å²) in [5.74, 6) is 0.644. The van der Waals surface area contributed by atoms with Gasteiger partial charge in [-0.25, -0.2) is 4.98 Å². The average Bonchev–Trinajstić information content (AvgIpc) is 2.91. The molecule has 0 atom stereocenters. The Morgan fingerprint density at radius 2 is 1.90 bits per heavy atom. The molecule has 0 aliphatic carbocycles. The largest absolute Gasteiger partial charge is 0.444 e. The maximum Gasteiger partial charge on any atom is 0.226 e. The minimum absolute atomic E-state index is 0. The minimum atomic E-state index is 0. The van der Waals surface area contributed by atoms with Crippen LogP contribution in [-0.2, 0) is 6.54 Å². The lowest BCUT2D eigenvalue weighted by Gasteiger charge is -2.29. The smallest absolute Gasteiger partial charge is 0.226 e. The molecular weight excluding hydrogens is 309 g/mol. The molecule has 1 aliphatic rings. The van der Waals surface area contributed by atoms with Crippen molar-refractivity contribution >= 4 is 24.0 Å². The van der Waals surface area contributed by atoms with E-state index in [-0.39, 0.29) is 12.4 Å². The molecule has 2 heterocycles. The number of piperidine rings is 1. The lowest BCUT2D eigenvalue weighted by atomic mass is 10.1. The molecule has 4 nitrogen and oxygen atoms in total. The van der Waals surface area contributed by atoms with E-state index in [1.807, 2.05) is 24.3 Å². The second-order valence-corrected chi connectivity index (χ2v) is 5.70. The molecule has 0 spiro atoms. The van der Waals surface area contributed by atoms with E-state index in [2.05, 4.69) is 9.88 Å². The van der Waals surface area contributed by atoms with Gasteiger partial charge in [0.1, 0.15) is 6.26 Å². The lowest BCUT2D eigenvalue weighted by Crippen LogP contribution is -2.39. The molecule has 114 valence electrons.